The monoisotopic (exact) mass is 492 g/mol. The summed E-state index contributed by atoms with van der Waals surface area (Å²) in [7, 11) is 2.10. The van der Waals surface area contributed by atoms with E-state index in [9.17, 15) is 20.4 Å². The third kappa shape index (κ3) is 6.73. The number of benzene rings is 1. The molecule has 3 N–H and O–H groups in total. The van der Waals surface area contributed by atoms with Crippen molar-refractivity contribution < 1.29 is 9.90 Å². The fourth-order valence-electron chi connectivity index (χ4n) is 4.21. The molecule has 2 heterocycles. The molecule has 1 atom stereocenters. The number of aromatic nitrogens is 1. The fourth-order valence-corrected chi connectivity index (χ4v) is 5.17. The Morgan fingerprint density at radius 1 is 1.17 bits per heavy atom. The van der Waals surface area contributed by atoms with E-state index in [0.29, 0.717) is 40.6 Å². The number of amides is 1. The van der Waals surface area contributed by atoms with Gasteiger partial charge in [0.1, 0.15) is 23.0 Å². The number of thioether (sulfide) groups is 1. The predicted molar refractivity (Wildman–Crippen MR) is 137 cm³/mol. The number of carbonyl (C=O) groups is 1. The Bertz CT molecular complexity index is 1120. The highest BCUT2D eigenvalue weighted by Crippen LogP contribution is 2.34. The Morgan fingerprint density at radius 2 is 1.89 bits per heavy atom. The van der Waals surface area contributed by atoms with Crippen LogP contribution >= 0.6 is 11.8 Å². The Balaban J connectivity index is 1.84. The molecular formula is C26H32N6O2S. The molecule has 1 aromatic heterocycles. The molecule has 8 nitrogen and oxygen atoms in total. The number of primary amides is 1. The van der Waals surface area contributed by atoms with Crippen LogP contribution in [0.3, 0.4) is 0 Å². The molecule has 1 aliphatic heterocycles. The van der Waals surface area contributed by atoms with Crippen LogP contribution in [-0.2, 0) is 17.0 Å². The normalized spacial score (nSPS) is 15.2. The number of aliphatic hydroxyl groups is 1. The lowest BCUT2D eigenvalue weighted by atomic mass is 10.0. The van der Waals surface area contributed by atoms with Crippen LogP contribution < -0.4 is 10.6 Å². The molecule has 0 radical (unpaired) electrons. The number of carbonyl (C=O) groups excluding carboxylic acids is 1. The van der Waals surface area contributed by atoms with Gasteiger partial charge >= 0.3 is 0 Å². The Labute approximate surface area is 211 Å². The topological polar surface area (TPSA) is 130 Å². The van der Waals surface area contributed by atoms with Gasteiger partial charge in [-0.2, -0.15) is 10.5 Å². The predicted octanol–water partition coefficient (Wildman–Crippen LogP) is 3.12. The van der Waals surface area contributed by atoms with Crippen LogP contribution in [0.2, 0.25) is 0 Å². The van der Waals surface area contributed by atoms with Crippen molar-refractivity contribution in [1.82, 2.24) is 9.88 Å². The number of pyridine rings is 1. The highest BCUT2D eigenvalue weighted by Gasteiger charge is 2.24. The number of rotatable bonds is 9. The maximum atomic E-state index is 11.0. The standard InChI is InChI=1S/C26H32N6O2S/c1-3-20-21(15-27)25(32-12-4-11-31(2)13-14-32)30-26(22(20)16-28)35-17-18-5-7-19(8-6-18)23(33)9-10-24(29)34/h5-8,23,33H,3-4,9-14,17H2,1-2H3,(H2,29,34). The van der Waals surface area contributed by atoms with Crippen molar-refractivity contribution in [3.05, 3.63) is 52.1 Å². The van der Waals surface area contributed by atoms with Gasteiger partial charge in [0.05, 0.1) is 17.2 Å². The van der Waals surface area contributed by atoms with E-state index in [4.69, 9.17) is 10.7 Å². The average Bonchev–Trinajstić information content (AvgIpc) is 3.09. The van der Waals surface area contributed by atoms with E-state index in [1.165, 1.54) is 11.8 Å². The number of aliphatic hydroxyl groups excluding tert-OH is 1. The summed E-state index contributed by atoms with van der Waals surface area (Å²) < 4.78 is 0. The molecule has 1 saturated heterocycles. The van der Waals surface area contributed by atoms with Crippen LogP contribution in [0.25, 0.3) is 0 Å². The lowest BCUT2D eigenvalue weighted by Gasteiger charge is -2.25. The zero-order valence-electron chi connectivity index (χ0n) is 20.3. The Morgan fingerprint density at radius 3 is 2.51 bits per heavy atom. The van der Waals surface area contributed by atoms with Crippen molar-refractivity contribution in [2.45, 2.75) is 49.5 Å². The number of nitrogens with two attached hydrogens (primary N) is 1. The highest BCUT2D eigenvalue weighted by molar-refractivity contribution is 7.98. The minimum absolute atomic E-state index is 0.134. The fraction of sp³-hybridized carbons (Fsp3) is 0.462. The lowest BCUT2D eigenvalue weighted by Crippen LogP contribution is -2.30. The smallest absolute Gasteiger partial charge is 0.217 e. The van der Waals surface area contributed by atoms with Crippen LogP contribution in [0.4, 0.5) is 5.82 Å². The lowest BCUT2D eigenvalue weighted by molar-refractivity contribution is -0.118. The van der Waals surface area contributed by atoms with E-state index in [-0.39, 0.29) is 6.42 Å². The number of hydrogen-bond donors (Lipinski definition) is 2. The maximum absolute atomic E-state index is 11.0. The van der Waals surface area contributed by atoms with E-state index in [2.05, 4.69) is 29.0 Å². The number of anilines is 1. The Kier molecular flexibility index (Phi) is 9.50. The van der Waals surface area contributed by atoms with E-state index < -0.39 is 12.0 Å². The van der Waals surface area contributed by atoms with E-state index in [1.54, 1.807) is 0 Å². The van der Waals surface area contributed by atoms with Gasteiger partial charge in [-0.25, -0.2) is 4.98 Å². The third-order valence-electron chi connectivity index (χ3n) is 6.25. The minimum Gasteiger partial charge on any atom is -0.388 e. The van der Waals surface area contributed by atoms with Gasteiger partial charge < -0.3 is 20.6 Å². The number of nitrogens with zero attached hydrogens (tertiary/aromatic N) is 5. The molecule has 184 valence electrons. The van der Waals surface area contributed by atoms with Gasteiger partial charge in [0.2, 0.25) is 5.91 Å². The third-order valence-corrected chi connectivity index (χ3v) is 7.30. The molecule has 0 bridgehead atoms. The van der Waals surface area contributed by atoms with Crippen molar-refractivity contribution in [3.8, 4) is 12.1 Å². The highest BCUT2D eigenvalue weighted by atomic mass is 32.2. The van der Waals surface area contributed by atoms with E-state index in [1.807, 2.05) is 31.2 Å². The van der Waals surface area contributed by atoms with Gasteiger partial charge in [-0.1, -0.05) is 31.2 Å². The summed E-state index contributed by atoms with van der Waals surface area (Å²) in [4.78, 5) is 20.3. The molecule has 0 saturated carbocycles. The second-order valence-electron chi connectivity index (χ2n) is 8.74. The second kappa shape index (κ2) is 12.6. The molecule has 1 amide bonds. The molecule has 2 aromatic rings. The Hall–Kier alpha value is -3.11. The molecule has 0 aliphatic carbocycles. The van der Waals surface area contributed by atoms with Gasteiger partial charge in [0.15, 0.2) is 0 Å². The molecule has 1 aromatic carbocycles. The summed E-state index contributed by atoms with van der Waals surface area (Å²) in [6, 6.07) is 12.2. The first-order valence-electron chi connectivity index (χ1n) is 11.9. The molecule has 1 aliphatic rings. The maximum Gasteiger partial charge on any atom is 0.217 e. The van der Waals surface area contributed by atoms with Gasteiger partial charge in [0, 0.05) is 31.8 Å². The van der Waals surface area contributed by atoms with Crippen LogP contribution in [0.15, 0.2) is 29.3 Å². The van der Waals surface area contributed by atoms with E-state index >= 15 is 0 Å². The molecule has 35 heavy (non-hydrogen) atoms. The van der Waals surface area contributed by atoms with Crippen molar-refractivity contribution in [2.75, 3.05) is 38.1 Å². The summed E-state index contributed by atoms with van der Waals surface area (Å²) >= 11 is 1.48. The first-order valence-corrected chi connectivity index (χ1v) is 12.8. The average molecular weight is 493 g/mol. The molecule has 9 heteroatoms. The minimum atomic E-state index is -0.739. The van der Waals surface area contributed by atoms with Gasteiger partial charge in [-0.15, -0.1) is 11.8 Å². The summed E-state index contributed by atoms with van der Waals surface area (Å²) in [5.74, 6) is 0.837. The van der Waals surface area contributed by atoms with Crippen LogP contribution in [-0.4, -0.2) is 54.1 Å². The van der Waals surface area contributed by atoms with Crippen molar-refractivity contribution >= 4 is 23.5 Å². The number of hydrogen-bond acceptors (Lipinski definition) is 8. The van der Waals surface area contributed by atoms with Crippen LogP contribution in [0, 0.1) is 22.7 Å². The second-order valence-corrected chi connectivity index (χ2v) is 9.71. The zero-order chi connectivity index (χ0) is 25.4. The molecule has 0 spiro atoms. The van der Waals surface area contributed by atoms with Gasteiger partial charge in [0.25, 0.3) is 0 Å². The molecular weight excluding hydrogens is 460 g/mol. The van der Waals surface area contributed by atoms with Crippen molar-refractivity contribution in [1.29, 1.82) is 10.5 Å². The van der Waals surface area contributed by atoms with Crippen molar-refractivity contribution in [2.24, 2.45) is 5.73 Å². The largest absolute Gasteiger partial charge is 0.388 e. The van der Waals surface area contributed by atoms with Crippen LogP contribution in [0.5, 0.6) is 0 Å². The quantitative estimate of drug-likeness (QED) is 0.511. The summed E-state index contributed by atoms with van der Waals surface area (Å²) in [5, 5.41) is 30.8. The first kappa shape index (κ1) is 26.5. The number of nitriles is 2. The number of likely N-dealkylation sites (N-methyl/N-ethyl adjacent to an activating group) is 1. The molecule has 1 fully saturated rings. The van der Waals surface area contributed by atoms with E-state index in [0.717, 1.165) is 49.3 Å². The van der Waals surface area contributed by atoms with Crippen molar-refractivity contribution in [3.63, 3.8) is 0 Å². The zero-order valence-corrected chi connectivity index (χ0v) is 21.1. The van der Waals surface area contributed by atoms with Gasteiger partial charge in [-0.3, -0.25) is 4.79 Å². The van der Waals surface area contributed by atoms with Crippen LogP contribution in [0.1, 0.15) is 60.1 Å². The SMILES string of the molecule is CCc1c(C#N)c(SCc2ccc(C(O)CCC(N)=O)cc2)nc(N2CCCN(C)CC2)c1C#N. The first-order chi connectivity index (χ1) is 16.9. The summed E-state index contributed by atoms with van der Waals surface area (Å²) in [6.07, 6.45) is 1.26. The molecule has 3 rings (SSSR count). The molecule has 1 unspecified atom stereocenters. The van der Waals surface area contributed by atoms with Gasteiger partial charge in [-0.05, 0) is 49.5 Å². The summed E-state index contributed by atoms with van der Waals surface area (Å²) in [6.45, 7) is 5.48. The summed E-state index contributed by atoms with van der Waals surface area (Å²) in [5.41, 5.74) is 8.66.